The molecular formula is C57H96O6. The van der Waals surface area contributed by atoms with Crippen LogP contribution in [0.2, 0.25) is 0 Å². The molecule has 0 unspecified atom stereocenters. The molecule has 0 rings (SSSR count). The number of unbranched alkanes of at least 4 members (excludes halogenated alkanes) is 21. The normalized spacial score (nSPS) is 12.7. The van der Waals surface area contributed by atoms with Crippen LogP contribution in [0.1, 0.15) is 239 Å². The smallest absolute Gasteiger partial charge is 0.306 e. The van der Waals surface area contributed by atoms with E-state index in [0.29, 0.717) is 19.3 Å². The van der Waals surface area contributed by atoms with Gasteiger partial charge in [-0.1, -0.05) is 196 Å². The summed E-state index contributed by atoms with van der Waals surface area (Å²) in [6.07, 6.45) is 65.7. The quantitative estimate of drug-likeness (QED) is 0.0262. The van der Waals surface area contributed by atoms with E-state index >= 15 is 0 Å². The maximum absolute atomic E-state index is 12.8. The molecule has 0 aromatic carbocycles. The van der Waals surface area contributed by atoms with Crippen molar-refractivity contribution in [2.75, 3.05) is 13.2 Å². The zero-order valence-corrected chi connectivity index (χ0v) is 41.1. The number of carbonyl (C=O) groups excluding carboxylic acids is 3. The number of carbonyl (C=O) groups is 3. The average Bonchev–Trinajstić information content (AvgIpc) is 3.28. The van der Waals surface area contributed by atoms with Crippen molar-refractivity contribution in [3.05, 3.63) is 85.1 Å². The van der Waals surface area contributed by atoms with Gasteiger partial charge in [-0.25, -0.2) is 0 Å². The molecule has 0 aromatic rings. The predicted molar refractivity (Wildman–Crippen MR) is 270 cm³/mol. The van der Waals surface area contributed by atoms with Crippen molar-refractivity contribution < 1.29 is 28.6 Å². The first-order valence-corrected chi connectivity index (χ1v) is 26.1. The second-order valence-electron chi connectivity index (χ2n) is 17.0. The van der Waals surface area contributed by atoms with E-state index in [1.165, 1.54) is 103 Å². The molecule has 0 saturated carbocycles. The molecule has 0 N–H and O–H groups in total. The van der Waals surface area contributed by atoms with Crippen molar-refractivity contribution in [3.8, 4) is 0 Å². The van der Waals surface area contributed by atoms with Crippen LogP contribution in [-0.2, 0) is 28.6 Å². The minimum absolute atomic E-state index is 0.104. The Labute approximate surface area is 388 Å². The van der Waals surface area contributed by atoms with E-state index in [-0.39, 0.29) is 37.5 Å². The van der Waals surface area contributed by atoms with E-state index in [0.717, 1.165) is 89.9 Å². The van der Waals surface area contributed by atoms with Crippen molar-refractivity contribution in [1.29, 1.82) is 0 Å². The number of esters is 3. The Morgan fingerprint density at radius 3 is 1.03 bits per heavy atom. The van der Waals surface area contributed by atoms with Crippen molar-refractivity contribution in [1.82, 2.24) is 0 Å². The molecule has 0 bridgehead atoms. The second-order valence-corrected chi connectivity index (χ2v) is 17.0. The Morgan fingerprint density at radius 2 is 0.635 bits per heavy atom. The molecule has 0 aromatic heterocycles. The Bertz CT molecular complexity index is 1240. The predicted octanol–water partition coefficient (Wildman–Crippen LogP) is 17.2. The molecule has 0 spiro atoms. The summed E-state index contributed by atoms with van der Waals surface area (Å²) in [5.74, 6) is -0.977. The van der Waals surface area contributed by atoms with Crippen molar-refractivity contribution in [3.63, 3.8) is 0 Å². The summed E-state index contributed by atoms with van der Waals surface area (Å²) in [5.41, 5.74) is 0. The Hall–Kier alpha value is -3.41. The van der Waals surface area contributed by atoms with Gasteiger partial charge in [-0.05, 0) is 109 Å². The first-order valence-electron chi connectivity index (χ1n) is 26.1. The van der Waals surface area contributed by atoms with Gasteiger partial charge in [0.15, 0.2) is 6.10 Å². The van der Waals surface area contributed by atoms with Crippen LogP contribution >= 0.6 is 0 Å². The van der Waals surface area contributed by atoms with Gasteiger partial charge in [0.25, 0.3) is 0 Å². The van der Waals surface area contributed by atoms with Crippen LogP contribution in [-0.4, -0.2) is 37.2 Å². The maximum atomic E-state index is 12.8. The third kappa shape index (κ3) is 49.5. The van der Waals surface area contributed by atoms with Crippen LogP contribution in [0.25, 0.3) is 0 Å². The number of allylic oxidation sites excluding steroid dienone is 14. The molecule has 0 aliphatic carbocycles. The molecule has 0 aliphatic heterocycles. The third-order valence-electron chi connectivity index (χ3n) is 10.9. The number of rotatable bonds is 46. The zero-order chi connectivity index (χ0) is 45.8. The number of hydrogen-bond donors (Lipinski definition) is 0. The van der Waals surface area contributed by atoms with Crippen molar-refractivity contribution >= 4 is 17.9 Å². The molecule has 0 radical (unpaired) electrons. The van der Waals surface area contributed by atoms with Crippen LogP contribution < -0.4 is 0 Å². The van der Waals surface area contributed by atoms with E-state index < -0.39 is 6.10 Å². The van der Waals surface area contributed by atoms with Crippen molar-refractivity contribution in [2.45, 2.75) is 245 Å². The van der Waals surface area contributed by atoms with Gasteiger partial charge in [0.2, 0.25) is 0 Å². The number of hydrogen-bond acceptors (Lipinski definition) is 6. The highest BCUT2D eigenvalue weighted by atomic mass is 16.6. The topological polar surface area (TPSA) is 78.9 Å². The maximum Gasteiger partial charge on any atom is 0.306 e. The molecule has 1 atom stereocenters. The van der Waals surface area contributed by atoms with Gasteiger partial charge in [-0.3, -0.25) is 14.4 Å². The number of ether oxygens (including phenoxy) is 3. The van der Waals surface area contributed by atoms with Crippen LogP contribution in [0.15, 0.2) is 85.1 Å². The van der Waals surface area contributed by atoms with Gasteiger partial charge in [0.1, 0.15) is 13.2 Å². The SMILES string of the molecule is CC/C=C\C/C=C\C/C=C\C/C=C\C/C=C\CCCC(=O)O[C@@H](COC(=O)CCCCCCC/C=C\CCCCCC)COC(=O)CCCCCCCCC/C=C\CCCCCC. The monoisotopic (exact) mass is 877 g/mol. The molecule has 6 nitrogen and oxygen atoms in total. The third-order valence-corrected chi connectivity index (χ3v) is 10.9. The molecule has 0 heterocycles. The Kier molecular flexibility index (Phi) is 48.5. The lowest BCUT2D eigenvalue weighted by atomic mass is 10.1. The molecule has 360 valence electrons. The Morgan fingerprint density at radius 1 is 0.333 bits per heavy atom. The summed E-state index contributed by atoms with van der Waals surface area (Å²) < 4.78 is 16.7. The summed E-state index contributed by atoms with van der Waals surface area (Å²) in [5, 5.41) is 0. The van der Waals surface area contributed by atoms with Crippen LogP contribution in [0.5, 0.6) is 0 Å². The highest BCUT2D eigenvalue weighted by Gasteiger charge is 2.19. The van der Waals surface area contributed by atoms with Crippen molar-refractivity contribution in [2.24, 2.45) is 0 Å². The fourth-order valence-corrected chi connectivity index (χ4v) is 6.94. The summed E-state index contributed by atoms with van der Waals surface area (Å²) >= 11 is 0. The van der Waals surface area contributed by atoms with Gasteiger partial charge in [-0.15, -0.1) is 0 Å². The highest BCUT2D eigenvalue weighted by Crippen LogP contribution is 2.13. The highest BCUT2D eigenvalue weighted by molar-refractivity contribution is 5.71. The van der Waals surface area contributed by atoms with Gasteiger partial charge < -0.3 is 14.2 Å². The van der Waals surface area contributed by atoms with E-state index in [4.69, 9.17) is 14.2 Å². The van der Waals surface area contributed by atoms with Gasteiger partial charge in [-0.2, -0.15) is 0 Å². The Balaban J connectivity index is 4.50. The van der Waals surface area contributed by atoms with Crippen LogP contribution in [0.3, 0.4) is 0 Å². The second kappa shape index (κ2) is 51.2. The minimum atomic E-state index is -0.810. The van der Waals surface area contributed by atoms with Gasteiger partial charge in [0, 0.05) is 19.3 Å². The largest absolute Gasteiger partial charge is 0.462 e. The van der Waals surface area contributed by atoms with E-state index in [1.807, 2.05) is 0 Å². The first kappa shape index (κ1) is 59.6. The molecule has 6 heteroatoms. The molecule has 0 fully saturated rings. The zero-order valence-electron chi connectivity index (χ0n) is 41.1. The van der Waals surface area contributed by atoms with Gasteiger partial charge >= 0.3 is 17.9 Å². The lowest BCUT2D eigenvalue weighted by Crippen LogP contribution is -2.30. The lowest BCUT2D eigenvalue weighted by Gasteiger charge is -2.18. The standard InChI is InChI=1S/C57H96O6/c1-4-7-10-13-16-19-22-25-27-28-30-33-36-39-42-45-48-51-57(60)63-54(52-61-55(58)49-46-43-40-37-34-31-24-21-18-15-12-9-6-3)53-62-56(59)50-47-44-41-38-35-32-29-26-23-20-17-14-11-8-5-2/h7,10,16,19-21,23-25,27,30,33,39,42,54H,4-6,8-9,11-15,17-18,22,26,28-29,31-32,34-38,40-41,43-53H2,1-3H3/b10-7-,19-16-,23-20-,24-21-,27-25-,33-30-,42-39-/t54-/m0/s1. The van der Waals surface area contributed by atoms with Gasteiger partial charge in [0.05, 0.1) is 0 Å². The molecular weight excluding hydrogens is 781 g/mol. The summed E-state index contributed by atoms with van der Waals surface area (Å²) in [6.45, 7) is 6.43. The summed E-state index contributed by atoms with van der Waals surface area (Å²) in [6, 6.07) is 0. The van der Waals surface area contributed by atoms with E-state index in [2.05, 4.69) is 106 Å². The lowest BCUT2D eigenvalue weighted by molar-refractivity contribution is -0.167. The fourth-order valence-electron chi connectivity index (χ4n) is 6.94. The molecule has 63 heavy (non-hydrogen) atoms. The van der Waals surface area contributed by atoms with E-state index in [9.17, 15) is 14.4 Å². The molecule has 0 amide bonds. The average molecular weight is 877 g/mol. The first-order chi connectivity index (χ1) is 31.0. The summed E-state index contributed by atoms with van der Waals surface area (Å²) in [4.78, 5) is 38.0. The summed E-state index contributed by atoms with van der Waals surface area (Å²) in [7, 11) is 0. The minimum Gasteiger partial charge on any atom is -0.462 e. The van der Waals surface area contributed by atoms with Crippen LogP contribution in [0.4, 0.5) is 0 Å². The molecule has 0 aliphatic rings. The van der Waals surface area contributed by atoms with Crippen LogP contribution in [0, 0.1) is 0 Å². The molecule has 0 saturated heterocycles. The van der Waals surface area contributed by atoms with E-state index in [1.54, 1.807) is 0 Å². The fraction of sp³-hybridized carbons (Fsp3) is 0.702.